The van der Waals surface area contributed by atoms with Gasteiger partial charge in [0.15, 0.2) is 0 Å². The molecule has 1 aromatic rings. The number of nitrogens with zero attached hydrogens (tertiary/aromatic N) is 1. The molecule has 3 nitrogen and oxygen atoms in total. The van der Waals surface area contributed by atoms with Crippen molar-refractivity contribution in [3.8, 4) is 0 Å². The Balaban J connectivity index is 2.79. The fraction of sp³-hybridized carbons (Fsp3) is 0.538. The van der Waals surface area contributed by atoms with E-state index in [-0.39, 0.29) is 6.04 Å². The summed E-state index contributed by atoms with van der Waals surface area (Å²) >= 11 is 3.44. The van der Waals surface area contributed by atoms with E-state index in [2.05, 4.69) is 46.9 Å². The highest BCUT2D eigenvalue weighted by atomic mass is 79.9. The van der Waals surface area contributed by atoms with Crippen LogP contribution in [-0.4, -0.2) is 38.3 Å². The highest BCUT2D eigenvalue weighted by molar-refractivity contribution is 9.10. The quantitative estimate of drug-likeness (QED) is 0.877. The first-order valence-electron chi connectivity index (χ1n) is 5.76. The van der Waals surface area contributed by atoms with Crippen molar-refractivity contribution in [1.29, 1.82) is 0 Å². The fourth-order valence-corrected chi connectivity index (χ4v) is 2.15. The van der Waals surface area contributed by atoms with Crippen LogP contribution in [0.5, 0.6) is 0 Å². The molecular formula is C13H21BrN2O. The zero-order valence-electron chi connectivity index (χ0n) is 10.7. The minimum Gasteiger partial charge on any atom is -0.383 e. The summed E-state index contributed by atoms with van der Waals surface area (Å²) in [4.78, 5) is 2.26. The molecule has 0 saturated carbocycles. The molecule has 0 aliphatic carbocycles. The van der Waals surface area contributed by atoms with E-state index in [1.54, 1.807) is 7.11 Å². The third-order valence-electron chi connectivity index (χ3n) is 3.07. The van der Waals surface area contributed by atoms with Crippen LogP contribution in [0.4, 0.5) is 0 Å². The zero-order valence-corrected chi connectivity index (χ0v) is 12.3. The summed E-state index contributed by atoms with van der Waals surface area (Å²) in [5.41, 5.74) is 7.12. The average molecular weight is 301 g/mol. The maximum absolute atomic E-state index is 5.88. The number of ether oxygens (including phenoxy) is 1. The van der Waals surface area contributed by atoms with Gasteiger partial charge in [0.1, 0.15) is 0 Å². The standard InChI is InChI=1S/C13H21BrN2O/c1-10(9-17-3)16(2)13(8-15)11-4-6-12(14)7-5-11/h4-7,10,13H,8-9,15H2,1-3H3. The van der Waals surface area contributed by atoms with E-state index in [4.69, 9.17) is 10.5 Å². The van der Waals surface area contributed by atoms with Gasteiger partial charge in [-0.25, -0.2) is 0 Å². The van der Waals surface area contributed by atoms with Crippen molar-refractivity contribution >= 4 is 15.9 Å². The van der Waals surface area contributed by atoms with Gasteiger partial charge in [-0.2, -0.15) is 0 Å². The molecule has 1 rings (SSSR count). The van der Waals surface area contributed by atoms with Crippen LogP contribution in [-0.2, 0) is 4.74 Å². The molecule has 2 atom stereocenters. The van der Waals surface area contributed by atoms with Crippen LogP contribution in [0.2, 0.25) is 0 Å². The summed E-state index contributed by atoms with van der Waals surface area (Å²) in [5.74, 6) is 0. The minimum atomic E-state index is 0.230. The molecule has 0 spiro atoms. The minimum absolute atomic E-state index is 0.230. The monoisotopic (exact) mass is 300 g/mol. The molecule has 0 fully saturated rings. The largest absolute Gasteiger partial charge is 0.383 e. The highest BCUT2D eigenvalue weighted by Crippen LogP contribution is 2.22. The number of likely N-dealkylation sites (N-methyl/N-ethyl adjacent to an activating group) is 1. The molecule has 0 amide bonds. The molecule has 0 saturated heterocycles. The van der Waals surface area contributed by atoms with Crippen molar-refractivity contribution in [3.63, 3.8) is 0 Å². The van der Waals surface area contributed by atoms with Crippen LogP contribution in [0.15, 0.2) is 28.7 Å². The summed E-state index contributed by atoms with van der Waals surface area (Å²) in [7, 11) is 3.81. The molecule has 96 valence electrons. The van der Waals surface area contributed by atoms with Crippen molar-refractivity contribution in [1.82, 2.24) is 4.90 Å². The number of methoxy groups -OCH3 is 1. The lowest BCUT2D eigenvalue weighted by molar-refractivity contribution is 0.0910. The first kappa shape index (κ1) is 14.6. The first-order valence-corrected chi connectivity index (χ1v) is 6.55. The summed E-state index contributed by atoms with van der Waals surface area (Å²) in [6, 6.07) is 8.89. The van der Waals surface area contributed by atoms with Gasteiger partial charge < -0.3 is 10.5 Å². The van der Waals surface area contributed by atoms with E-state index in [0.717, 1.165) is 4.47 Å². The molecular weight excluding hydrogens is 280 g/mol. The van der Waals surface area contributed by atoms with Crippen LogP contribution < -0.4 is 5.73 Å². The predicted molar refractivity (Wildman–Crippen MR) is 75.0 cm³/mol. The maximum atomic E-state index is 5.88. The van der Waals surface area contributed by atoms with Crippen molar-refractivity contribution in [2.45, 2.75) is 19.0 Å². The Kier molecular flexibility index (Phi) is 6.12. The Bertz CT molecular complexity index is 329. The Morgan fingerprint density at radius 3 is 2.41 bits per heavy atom. The predicted octanol–water partition coefficient (Wildman–Crippen LogP) is 2.42. The number of benzene rings is 1. The molecule has 0 bridgehead atoms. The van der Waals surface area contributed by atoms with Crippen LogP contribution in [0.3, 0.4) is 0 Å². The number of hydrogen-bond acceptors (Lipinski definition) is 3. The normalized spacial score (nSPS) is 14.9. The van der Waals surface area contributed by atoms with E-state index in [1.807, 2.05) is 12.1 Å². The SMILES string of the molecule is COCC(C)N(C)C(CN)c1ccc(Br)cc1. The van der Waals surface area contributed by atoms with Crippen LogP contribution in [0, 0.1) is 0 Å². The molecule has 2 unspecified atom stereocenters. The smallest absolute Gasteiger partial charge is 0.0615 e. The molecule has 4 heteroatoms. The van der Waals surface area contributed by atoms with Crippen molar-refractivity contribution in [2.24, 2.45) is 5.73 Å². The van der Waals surface area contributed by atoms with Crippen LogP contribution in [0.1, 0.15) is 18.5 Å². The number of halogens is 1. The van der Waals surface area contributed by atoms with Gasteiger partial charge in [-0.3, -0.25) is 4.90 Å². The highest BCUT2D eigenvalue weighted by Gasteiger charge is 2.19. The Morgan fingerprint density at radius 1 is 1.35 bits per heavy atom. The second-order valence-electron chi connectivity index (χ2n) is 4.27. The lowest BCUT2D eigenvalue weighted by Gasteiger charge is -2.32. The Morgan fingerprint density at radius 2 is 1.94 bits per heavy atom. The molecule has 0 aliphatic rings. The summed E-state index contributed by atoms with van der Waals surface area (Å²) in [5, 5.41) is 0. The van der Waals surface area contributed by atoms with E-state index in [9.17, 15) is 0 Å². The second kappa shape index (κ2) is 7.11. The van der Waals surface area contributed by atoms with Gasteiger partial charge in [0.25, 0.3) is 0 Å². The van der Waals surface area contributed by atoms with E-state index in [1.165, 1.54) is 5.56 Å². The third kappa shape index (κ3) is 4.07. The van der Waals surface area contributed by atoms with E-state index in [0.29, 0.717) is 19.2 Å². The Labute approximate surface area is 112 Å². The molecule has 2 N–H and O–H groups in total. The summed E-state index contributed by atoms with van der Waals surface area (Å²) < 4.78 is 6.27. The second-order valence-corrected chi connectivity index (χ2v) is 5.19. The number of nitrogens with two attached hydrogens (primary N) is 1. The first-order chi connectivity index (χ1) is 8.10. The molecule has 0 heterocycles. The molecule has 0 radical (unpaired) electrons. The number of rotatable bonds is 6. The average Bonchev–Trinajstić information content (AvgIpc) is 2.32. The molecule has 17 heavy (non-hydrogen) atoms. The lowest BCUT2D eigenvalue weighted by atomic mass is 10.0. The van der Waals surface area contributed by atoms with Gasteiger partial charge >= 0.3 is 0 Å². The summed E-state index contributed by atoms with van der Waals surface area (Å²) in [6.45, 7) is 3.46. The van der Waals surface area contributed by atoms with Gasteiger partial charge in [0, 0.05) is 30.2 Å². The maximum Gasteiger partial charge on any atom is 0.0615 e. The van der Waals surface area contributed by atoms with Gasteiger partial charge in [-0.05, 0) is 31.7 Å². The lowest BCUT2D eigenvalue weighted by Crippen LogP contribution is -2.39. The van der Waals surface area contributed by atoms with Crippen LogP contribution in [0.25, 0.3) is 0 Å². The van der Waals surface area contributed by atoms with Gasteiger partial charge in [0.2, 0.25) is 0 Å². The van der Waals surface area contributed by atoms with E-state index < -0.39 is 0 Å². The number of hydrogen-bond donors (Lipinski definition) is 1. The molecule has 0 aliphatic heterocycles. The topological polar surface area (TPSA) is 38.5 Å². The van der Waals surface area contributed by atoms with Crippen molar-refractivity contribution < 1.29 is 4.74 Å². The van der Waals surface area contributed by atoms with Gasteiger partial charge in [-0.1, -0.05) is 28.1 Å². The van der Waals surface area contributed by atoms with Gasteiger partial charge in [-0.15, -0.1) is 0 Å². The van der Waals surface area contributed by atoms with E-state index >= 15 is 0 Å². The fourth-order valence-electron chi connectivity index (χ4n) is 1.89. The zero-order chi connectivity index (χ0) is 12.8. The third-order valence-corrected chi connectivity index (χ3v) is 3.60. The summed E-state index contributed by atoms with van der Waals surface area (Å²) in [6.07, 6.45) is 0. The van der Waals surface area contributed by atoms with Gasteiger partial charge in [0.05, 0.1) is 6.61 Å². The molecule has 0 aromatic heterocycles. The van der Waals surface area contributed by atoms with Crippen LogP contribution >= 0.6 is 15.9 Å². The Hall–Kier alpha value is -0.420. The molecule has 1 aromatic carbocycles. The van der Waals surface area contributed by atoms with Crippen molar-refractivity contribution in [3.05, 3.63) is 34.3 Å². The van der Waals surface area contributed by atoms with Crippen molar-refractivity contribution in [2.75, 3.05) is 27.3 Å².